The number of hydrogen-bond donors (Lipinski definition) is 1. The standard InChI is InChI=1S/C9H13ClN2OS/c1-6(11)9(13)12(2)5-7-3-4-8(10)14-7/h3-4,6H,5,11H2,1-2H3. The Morgan fingerprint density at radius 2 is 2.36 bits per heavy atom. The molecule has 0 saturated heterocycles. The van der Waals surface area contributed by atoms with Gasteiger partial charge in [-0.3, -0.25) is 4.79 Å². The number of nitrogens with zero attached hydrogens (tertiary/aromatic N) is 1. The normalized spacial score (nSPS) is 12.6. The number of hydrogen-bond acceptors (Lipinski definition) is 3. The summed E-state index contributed by atoms with van der Waals surface area (Å²) in [6.07, 6.45) is 0. The zero-order valence-electron chi connectivity index (χ0n) is 8.16. The van der Waals surface area contributed by atoms with Gasteiger partial charge in [0.1, 0.15) is 0 Å². The van der Waals surface area contributed by atoms with Gasteiger partial charge in [0.05, 0.1) is 16.9 Å². The van der Waals surface area contributed by atoms with Crippen LogP contribution in [0.5, 0.6) is 0 Å². The van der Waals surface area contributed by atoms with Crippen LogP contribution >= 0.6 is 22.9 Å². The maximum absolute atomic E-state index is 11.4. The van der Waals surface area contributed by atoms with E-state index in [1.165, 1.54) is 11.3 Å². The molecule has 1 rings (SSSR count). The first-order valence-corrected chi connectivity index (χ1v) is 5.45. The quantitative estimate of drug-likeness (QED) is 0.863. The highest BCUT2D eigenvalue weighted by Crippen LogP contribution is 2.22. The Labute approximate surface area is 92.5 Å². The highest BCUT2D eigenvalue weighted by molar-refractivity contribution is 7.16. The van der Waals surface area contributed by atoms with Gasteiger partial charge in [0.25, 0.3) is 0 Å². The fourth-order valence-electron chi connectivity index (χ4n) is 1.10. The van der Waals surface area contributed by atoms with Crippen LogP contribution in [0.4, 0.5) is 0 Å². The van der Waals surface area contributed by atoms with Crippen LogP contribution in [0.1, 0.15) is 11.8 Å². The Bertz CT molecular complexity index is 324. The zero-order valence-corrected chi connectivity index (χ0v) is 9.73. The first kappa shape index (κ1) is 11.5. The third kappa shape index (κ3) is 2.97. The summed E-state index contributed by atoms with van der Waals surface area (Å²) < 4.78 is 0.738. The van der Waals surface area contributed by atoms with Gasteiger partial charge in [0.2, 0.25) is 5.91 Å². The number of thiophene rings is 1. The molecule has 0 aromatic carbocycles. The molecule has 0 aliphatic heterocycles. The maximum Gasteiger partial charge on any atom is 0.239 e. The Balaban J connectivity index is 2.57. The summed E-state index contributed by atoms with van der Waals surface area (Å²) in [4.78, 5) is 14.1. The molecule has 0 aliphatic carbocycles. The molecule has 1 amide bonds. The fraction of sp³-hybridized carbons (Fsp3) is 0.444. The second-order valence-electron chi connectivity index (χ2n) is 3.19. The summed E-state index contributed by atoms with van der Waals surface area (Å²) in [5, 5.41) is 0. The van der Waals surface area contributed by atoms with E-state index in [4.69, 9.17) is 17.3 Å². The smallest absolute Gasteiger partial charge is 0.239 e. The first-order chi connectivity index (χ1) is 6.50. The topological polar surface area (TPSA) is 46.3 Å². The number of rotatable bonds is 3. The van der Waals surface area contributed by atoms with Crippen molar-refractivity contribution < 1.29 is 4.79 Å². The van der Waals surface area contributed by atoms with Crippen molar-refractivity contribution in [2.24, 2.45) is 5.73 Å². The van der Waals surface area contributed by atoms with Crippen LogP contribution in [0.2, 0.25) is 4.34 Å². The van der Waals surface area contributed by atoms with Crippen LogP contribution in [-0.2, 0) is 11.3 Å². The lowest BCUT2D eigenvalue weighted by molar-refractivity contribution is -0.131. The third-order valence-electron chi connectivity index (χ3n) is 1.79. The molecule has 3 nitrogen and oxygen atoms in total. The number of carbonyl (C=O) groups excluding carboxylic acids is 1. The lowest BCUT2D eigenvalue weighted by Gasteiger charge is -2.18. The largest absolute Gasteiger partial charge is 0.339 e. The Morgan fingerprint density at radius 3 is 2.79 bits per heavy atom. The van der Waals surface area contributed by atoms with E-state index in [9.17, 15) is 4.79 Å². The molecule has 0 spiro atoms. The number of amides is 1. The van der Waals surface area contributed by atoms with E-state index in [0.29, 0.717) is 6.54 Å². The van der Waals surface area contributed by atoms with E-state index in [1.807, 2.05) is 12.1 Å². The van der Waals surface area contributed by atoms with Crippen LogP contribution in [0, 0.1) is 0 Å². The van der Waals surface area contributed by atoms with E-state index in [2.05, 4.69) is 0 Å². The molecule has 1 aromatic rings. The van der Waals surface area contributed by atoms with Gasteiger partial charge in [0.15, 0.2) is 0 Å². The SMILES string of the molecule is CC(N)C(=O)N(C)Cc1ccc(Cl)s1. The minimum Gasteiger partial charge on any atom is -0.339 e. The van der Waals surface area contributed by atoms with Crippen molar-refractivity contribution in [3.63, 3.8) is 0 Å². The molecule has 1 unspecified atom stereocenters. The lowest BCUT2D eigenvalue weighted by atomic mass is 10.3. The van der Waals surface area contributed by atoms with E-state index in [-0.39, 0.29) is 5.91 Å². The van der Waals surface area contributed by atoms with Gasteiger partial charge in [0, 0.05) is 11.9 Å². The zero-order chi connectivity index (χ0) is 10.7. The fourth-order valence-corrected chi connectivity index (χ4v) is 2.24. The first-order valence-electron chi connectivity index (χ1n) is 4.25. The predicted octanol–water partition coefficient (Wildman–Crippen LogP) is 1.71. The Hall–Kier alpha value is -0.580. The average Bonchev–Trinajstić information content (AvgIpc) is 2.49. The molecule has 2 N–H and O–H groups in total. The molecule has 1 heterocycles. The summed E-state index contributed by atoms with van der Waals surface area (Å²) in [5.74, 6) is -0.0606. The minimum atomic E-state index is -0.449. The van der Waals surface area contributed by atoms with Crippen molar-refractivity contribution in [2.75, 3.05) is 7.05 Å². The van der Waals surface area contributed by atoms with Gasteiger partial charge in [-0.2, -0.15) is 0 Å². The molecule has 0 aliphatic rings. The molecular weight excluding hydrogens is 220 g/mol. The monoisotopic (exact) mass is 232 g/mol. The van der Waals surface area contributed by atoms with Crippen LogP contribution in [-0.4, -0.2) is 23.9 Å². The van der Waals surface area contributed by atoms with Crippen LogP contribution in [0.15, 0.2) is 12.1 Å². The van der Waals surface area contributed by atoms with E-state index >= 15 is 0 Å². The van der Waals surface area contributed by atoms with Crippen LogP contribution in [0.25, 0.3) is 0 Å². The summed E-state index contributed by atoms with van der Waals surface area (Å²) in [6, 6.07) is 3.29. The third-order valence-corrected chi connectivity index (χ3v) is 3.00. The number of nitrogens with two attached hydrogens (primary N) is 1. The van der Waals surface area contributed by atoms with Crippen LogP contribution < -0.4 is 5.73 Å². The van der Waals surface area contributed by atoms with E-state index in [0.717, 1.165) is 9.21 Å². The molecule has 0 radical (unpaired) electrons. The van der Waals surface area contributed by atoms with Gasteiger partial charge in [-0.1, -0.05) is 11.6 Å². The number of halogens is 1. The van der Waals surface area contributed by atoms with E-state index < -0.39 is 6.04 Å². The van der Waals surface area contributed by atoms with Crippen molar-refractivity contribution in [3.05, 3.63) is 21.3 Å². The molecule has 1 atom stereocenters. The van der Waals surface area contributed by atoms with Gasteiger partial charge >= 0.3 is 0 Å². The molecule has 0 fully saturated rings. The van der Waals surface area contributed by atoms with Crippen molar-refractivity contribution in [1.29, 1.82) is 0 Å². The summed E-state index contributed by atoms with van der Waals surface area (Å²) >= 11 is 7.25. The number of likely N-dealkylation sites (N-methyl/N-ethyl adjacent to an activating group) is 1. The molecule has 0 bridgehead atoms. The molecule has 14 heavy (non-hydrogen) atoms. The Kier molecular flexibility index (Phi) is 3.92. The number of carbonyl (C=O) groups is 1. The van der Waals surface area contributed by atoms with E-state index in [1.54, 1.807) is 18.9 Å². The predicted molar refractivity (Wildman–Crippen MR) is 59.5 cm³/mol. The molecule has 1 aromatic heterocycles. The summed E-state index contributed by atoms with van der Waals surface area (Å²) in [6.45, 7) is 2.25. The molecular formula is C9H13ClN2OS. The Morgan fingerprint density at radius 1 is 1.71 bits per heavy atom. The van der Waals surface area contributed by atoms with Crippen LogP contribution in [0.3, 0.4) is 0 Å². The second kappa shape index (κ2) is 4.77. The molecule has 0 saturated carbocycles. The average molecular weight is 233 g/mol. The highest BCUT2D eigenvalue weighted by atomic mass is 35.5. The minimum absolute atomic E-state index is 0.0606. The highest BCUT2D eigenvalue weighted by Gasteiger charge is 2.13. The molecule has 5 heteroatoms. The van der Waals surface area contributed by atoms with Gasteiger partial charge in [-0.25, -0.2) is 0 Å². The summed E-state index contributed by atoms with van der Waals surface area (Å²) in [5.41, 5.74) is 5.48. The van der Waals surface area contributed by atoms with Gasteiger partial charge < -0.3 is 10.6 Å². The van der Waals surface area contributed by atoms with Gasteiger partial charge in [-0.15, -0.1) is 11.3 Å². The van der Waals surface area contributed by atoms with Crippen molar-refractivity contribution >= 4 is 28.8 Å². The molecule has 78 valence electrons. The van der Waals surface area contributed by atoms with Crippen molar-refractivity contribution in [2.45, 2.75) is 19.5 Å². The lowest BCUT2D eigenvalue weighted by Crippen LogP contribution is -2.39. The maximum atomic E-state index is 11.4. The van der Waals surface area contributed by atoms with Crippen molar-refractivity contribution in [1.82, 2.24) is 4.90 Å². The summed E-state index contributed by atoms with van der Waals surface area (Å²) in [7, 11) is 1.74. The van der Waals surface area contributed by atoms with Crippen molar-refractivity contribution in [3.8, 4) is 0 Å². The van der Waals surface area contributed by atoms with Gasteiger partial charge in [-0.05, 0) is 19.1 Å². The second-order valence-corrected chi connectivity index (χ2v) is 4.99.